The molecule has 1 aliphatic heterocycles. The molecule has 6 nitrogen and oxygen atoms in total. The van der Waals surface area contributed by atoms with E-state index in [0.29, 0.717) is 12.6 Å². The lowest BCUT2D eigenvalue weighted by Gasteiger charge is -2.22. The molecule has 8 heteroatoms. The Morgan fingerprint density at radius 2 is 2.16 bits per heavy atom. The second kappa shape index (κ2) is 13.7. The van der Waals surface area contributed by atoms with Crippen LogP contribution < -0.4 is 10.6 Å². The van der Waals surface area contributed by atoms with E-state index in [0.717, 1.165) is 69.6 Å². The summed E-state index contributed by atoms with van der Waals surface area (Å²) in [6.07, 6.45) is 6.37. The maximum atomic E-state index is 5.88. The fourth-order valence-corrected chi connectivity index (χ4v) is 3.23. The molecule has 0 aliphatic carbocycles. The summed E-state index contributed by atoms with van der Waals surface area (Å²) in [6.45, 7) is 8.99. The molecule has 0 bridgehead atoms. The van der Waals surface area contributed by atoms with Gasteiger partial charge in [-0.15, -0.1) is 35.3 Å². The van der Waals surface area contributed by atoms with Crippen LogP contribution in [0.3, 0.4) is 0 Å². The van der Waals surface area contributed by atoms with Gasteiger partial charge in [0.1, 0.15) is 5.01 Å². The summed E-state index contributed by atoms with van der Waals surface area (Å²) in [7, 11) is 0. The van der Waals surface area contributed by atoms with Crippen molar-refractivity contribution in [2.24, 2.45) is 4.99 Å². The first-order chi connectivity index (χ1) is 11.8. The molecule has 2 N–H and O–H groups in total. The SMILES string of the molecule is CCNC(=NCc1ncc(CC)s1)NCCCOC1CCOCC1.I. The first kappa shape index (κ1) is 22.6. The lowest BCUT2D eigenvalue weighted by atomic mass is 10.1. The van der Waals surface area contributed by atoms with E-state index in [2.05, 4.69) is 34.5 Å². The Balaban J connectivity index is 0.00000312. The predicted molar refractivity (Wildman–Crippen MR) is 114 cm³/mol. The smallest absolute Gasteiger partial charge is 0.191 e. The van der Waals surface area contributed by atoms with E-state index in [9.17, 15) is 0 Å². The van der Waals surface area contributed by atoms with Gasteiger partial charge in [-0.25, -0.2) is 9.98 Å². The lowest BCUT2D eigenvalue weighted by molar-refractivity contribution is -0.0320. The van der Waals surface area contributed by atoms with Crippen LogP contribution >= 0.6 is 35.3 Å². The molecular formula is C17H31IN4O2S. The van der Waals surface area contributed by atoms with Crippen LogP contribution in [0.15, 0.2) is 11.2 Å². The number of guanidine groups is 1. The average molecular weight is 482 g/mol. The summed E-state index contributed by atoms with van der Waals surface area (Å²) in [5, 5.41) is 7.69. The normalized spacial score (nSPS) is 15.7. The second-order valence-electron chi connectivity index (χ2n) is 5.73. The van der Waals surface area contributed by atoms with E-state index in [1.165, 1.54) is 4.88 Å². The van der Waals surface area contributed by atoms with Crippen LogP contribution in [0.5, 0.6) is 0 Å². The van der Waals surface area contributed by atoms with Crippen molar-refractivity contribution in [1.82, 2.24) is 15.6 Å². The number of rotatable bonds is 9. The van der Waals surface area contributed by atoms with Crippen LogP contribution in [0.25, 0.3) is 0 Å². The minimum atomic E-state index is 0. The Hall–Kier alpha value is -0.450. The second-order valence-corrected chi connectivity index (χ2v) is 6.93. The lowest BCUT2D eigenvalue weighted by Crippen LogP contribution is -2.38. The molecule has 1 fully saturated rings. The molecule has 1 aromatic rings. The van der Waals surface area contributed by atoms with Crippen molar-refractivity contribution in [3.05, 3.63) is 16.1 Å². The number of thiazole rings is 1. The number of halogens is 1. The van der Waals surface area contributed by atoms with Gasteiger partial charge >= 0.3 is 0 Å². The Kier molecular flexibility index (Phi) is 12.4. The quantitative estimate of drug-likeness (QED) is 0.245. The molecule has 0 aromatic carbocycles. The standard InChI is InChI=1S/C17H30N4O2S.HI/c1-3-15-12-20-16(24-15)13-21-17(18-4-2)19-8-5-9-23-14-6-10-22-11-7-14;/h12,14H,3-11,13H2,1-2H3,(H2,18,19,21);1H. The van der Waals surface area contributed by atoms with Crippen molar-refractivity contribution in [2.75, 3.05) is 32.9 Å². The molecule has 0 unspecified atom stereocenters. The Morgan fingerprint density at radius 3 is 2.84 bits per heavy atom. The number of nitrogens with one attached hydrogen (secondary N) is 2. The number of aryl methyl sites for hydroxylation is 1. The van der Waals surface area contributed by atoms with Gasteiger partial charge in [-0.1, -0.05) is 6.92 Å². The van der Waals surface area contributed by atoms with Crippen molar-refractivity contribution < 1.29 is 9.47 Å². The van der Waals surface area contributed by atoms with Crippen LogP contribution in [0.1, 0.15) is 43.0 Å². The van der Waals surface area contributed by atoms with E-state index in [-0.39, 0.29) is 24.0 Å². The Bertz CT molecular complexity index is 493. The van der Waals surface area contributed by atoms with Crippen molar-refractivity contribution in [1.29, 1.82) is 0 Å². The van der Waals surface area contributed by atoms with E-state index in [1.807, 2.05) is 6.20 Å². The summed E-state index contributed by atoms with van der Waals surface area (Å²) >= 11 is 1.74. The van der Waals surface area contributed by atoms with Crippen LogP contribution in [-0.4, -0.2) is 50.0 Å². The monoisotopic (exact) mass is 482 g/mol. The van der Waals surface area contributed by atoms with Crippen molar-refractivity contribution in [3.8, 4) is 0 Å². The molecule has 1 aliphatic rings. The van der Waals surface area contributed by atoms with E-state index < -0.39 is 0 Å². The zero-order valence-electron chi connectivity index (χ0n) is 15.3. The van der Waals surface area contributed by atoms with Gasteiger partial charge in [0.2, 0.25) is 0 Å². The minimum absolute atomic E-state index is 0. The van der Waals surface area contributed by atoms with E-state index in [4.69, 9.17) is 9.47 Å². The van der Waals surface area contributed by atoms with E-state index in [1.54, 1.807) is 11.3 Å². The molecule has 0 spiro atoms. The van der Waals surface area contributed by atoms with Crippen LogP contribution in [-0.2, 0) is 22.4 Å². The first-order valence-corrected chi connectivity index (χ1v) is 9.78. The van der Waals surface area contributed by atoms with Crippen LogP contribution in [0, 0.1) is 0 Å². The minimum Gasteiger partial charge on any atom is -0.381 e. The zero-order valence-corrected chi connectivity index (χ0v) is 18.4. The molecule has 0 amide bonds. The topological polar surface area (TPSA) is 67.8 Å². The predicted octanol–water partition coefficient (Wildman–Crippen LogP) is 2.96. The average Bonchev–Trinajstić information content (AvgIpc) is 3.08. The molecule has 0 atom stereocenters. The van der Waals surface area contributed by atoms with Crippen LogP contribution in [0.2, 0.25) is 0 Å². The summed E-state index contributed by atoms with van der Waals surface area (Å²) in [5.41, 5.74) is 0. The molecule has 1 saturated heterocycles. The van der Waals surface area contributed by atoms with Crippen molar-refractivity contribution in [3.63, 3.8) is 0 Å². The molecule has 0 radical (unpaired) electrons. The molecular weight excluding hydrogens is 451 g/mol. The van der Waals surface area contributed by atoms with Gasteiger partial charge in [0.15, 0.2) is 5.96 Å². The van der Waals surface area contributed by atoms with E-state index >= 15 is 0 Å². The molecule has 2 rings (SSSR count). The number of ether oxygens (including phenoxy) is 2. The Labute approximate surface area is 172 Å². The molecule has 144 valence electrons. The highest BCUT2D eigenvalue weighted by Crippen LogP contribution is 2.14. The van der Waals surface area contributed by atoms with Gasteiger partial charge in [0.05, 0.1) is 12.6 Å². The van der Waals surface area contributed by atoms with Crippen molar-refractivity contribution in [2.45, 2.75) is 52.2 Å². The van der Waals surface area contributed by atoms with Gasteiger partial charge < -0.3 is 20.1 Å². The van der Waals surface area contributed by atoms with Gasteiger partial charge in [-0.3, -0.25) is 0 Å². The first-order valence-electron chi connectivity index (χ1n) is 8.97. The summed E-state index contributed by atoms with van der Waals surface area (Å²) in [5.74, 6) is 0.844. The maximum Gasteiger partial charge on any atom is 0.191 e. The van der Waals surface area contributed by atoms with Gasteiger partial charge in [-0.05, 0) is 32.6 Å². The molecule has 2 heterocycles. The highest BCUT2D eigenvalue weighted by atomic mass is 127. The summed E-state index contributed by atoms with van der Waals surface area (Å²) in [6, 6.07) is 0. The maximum absolute atomic E-state index is 5.88. The van der Waals surface area contributed by atoms with Gasteiger partial charge in [0, 0.05) is 44.0 Å². The van der Waals surface area contributed by atoms with Crippen LogP contribution in [0.4, 0.5) is 0 Å². The fraction of sp³-hybridized carbons (Fsp3) is 0.765. The highest BCUT2D eigenvalue weighted by molar-refractivity contribution is 14.0. The Morgan fingerprint density at radius 1 is 1.36 bits per heavy atom. The third kappa shape index (κ3) is 9.16. The highest BCUT2D eigenvalue weighted by Gasteiger charge is 2.13. The summed E-state index contributed by atoms with van der Waals surface area (Å²) < 4.78 is 11.2. The van der Waals surface area contributed by atoms with Crippen molar-refractivity contribution >= 4 is 41.3 Å². The largest absolute Gasteiger partial charge is 0.381 e. The zero-order chi connectivity index (χ0) is 17.0. The number of hydrogen-bond acceptors (Lipinski definition) is 5. The van der Waals surface area contributed by atoms with Gasteiger partial charge in [-0.2, -0.15) is 0 Å². The fourth-order valence-electron chi connectivity index (χ4n) is 2.44. The number of aliphatic imine (C=N–C) groups is 1. The molecule has 0 saturated carbocycles. The summed E-state index contributed by atoms with van der Waals surface area (Å²) in [4.78, 5) is 10.3. The number of aromatic nitrogens is 1. The third-order valence-corrected chi connectivity index (χ3v) is 4.93. The third-order valence-electron chi connectivity index (χ3n) is 3.80. The van der Waals surface area contributed by atoms with Gasteiger partial charge in [0.25, 0.3) is 0 Å². The number of hydrogen-bond donors (Lipinski definition) is 2. The molecule has 1 aromatic heterocycles. The molecule has 25 heavy (non-hydrogen) atoms. The number of nitrogens with zero attached hydrogens (tertiary/aromatic N) is 2.